The molecule has 1 heterocycles. The number of benzene rings is 1. The van der Waals surface area contributed by atoms with E-state index in [1.54, 1.807) is 11.9 Å². The van der Waals surface area contributed by atoms with Crippen molar-refractivity contribution in [1.29, 1.82) is 0 Å². The maximum absolute atomic E-state index is 13.2. The first kappa shape index (κ1) is 13.3. The smallest absolute Gasteiger partial charge is 0.302 e. The maximum Gasteiger partial charge on any atom is 0.431 e. The molecule has 0 bridgehead atoms. The standard InChI is InChI=1S/C12H8F4N2O/c1-6-2-7(4-8(13)3-6)9-5-10(12(14,15)16)18-11(19)17-9/h2-5H,1H3,(H,17,18,19). The van der Waals surface area contributed by atoms with Crippen LogP contribution in [0.3, 0.4) is 0 Å². The average molecular weight is 272 g/mol. The first-order valence-corrected chi connectivity index (χ1v) is 5.22. The molecule has 0 fully saturated rings. The van der Waals surface area contributed by atoms with Crippen molar-refractivity contribution in [2.45, 2.75) is 13.1 Å². The molecule has 0 spiro atoms. The molecule has 0 unspecified atom stereocenters. The normalized spacial score (nSPS) is 11.6. The molecule has 7 heteroatoms. The number of halogens is 4. The molecule has 0 aliphatic carbocycles. The number of nitrogens with zero attached hydrogens (tertiary/aromatic N) is 1. The molecular formula is C12H8F4N2O. The predicted molar refractivity (Wildman–Crippen MR) is 60.0 cm³/mol. The average Bonchev–Trinajstić information content (AvgIpc) is 2.25. The highest BCUT2D eigenvalue weighted by molar-refractivity contribution is 5.60. The predicted octanol–water partition coefficient (Wildman–Crippen LogP) is 2.90. The molecule has 2 rings (SSSR count). The van der Waals surface area contributed by atoms with Crippen molar-refractivity contribution < 1.29 is 17.6 Å². The Kier molecular flexibility index (Phi) is 3.13. The van der Waals surface area contributed by atoms with E-state index in [0.29, 0.717) is 11.6 Å². The lowest BCUT2D eigenvalue weighted by Crippen LogP contribution is -2.19. The Hall–Kier alpha value is -2.18. The van der Waals surface area contributed by atoms with Crippen LogP contribution in [0.25, 0.3) is 11.3 Å². The van der Waals surface area contributed by atoms with Crippen LogP contribution in [0.5, 0.6) is 0 Å². The lowest BCUT2D eigenvalue weighted by atomic mass is 10.1. The van der Waals surface area contributed by atoms with Crippen molar-refractivity contribution in [2.75, 3.05) is 0 Å². The number of hydrogen-bond acceptors (Lipinski definition) is 2. The molecular weight excluding hydrogens is 264 g/mol. The number of aryl methyl sites for hydroxylation is 1. The van der Waals surface area contributed by atoms with E-state index in [-0.39, 0.29) is 11.3 Å². The molecule has 0 atom stereocenters. The summed E-state index contributed by atoms with van der Waals surface area (Å²) in [5, 5.41) is 0. The van der Waals surface area contributed by atoms with Crippen molar-refractivity contribution >= 4 is 0 Å². The van der Waals surface area contributed by atoms with Crippen molar-refractivity contribution in [1.82, 2.24) is 9.97 Å². The van der Waals surface area contributed by atoms with E-state index in [1.807, 2.05) is 0 Å². The van der Waals surface area contributed by atoms with E-state index in [9.17, 15) is 22.4 Å². The summed E-state index contributed by atoms with van der Waals surface area (Å²) in [7, 11) is 0. The van der Waals surface area contributed by atoms with Gasteiger partial charge in [-0.15, -0.1) is 0 Å². The minimum atomic E-state index is -4.70. The molecule has 100 valence electrons. The van der Waals surface area contributed by atoms with E-state index >= 15 is 0 Å². The van der Waals surface area contributed by atoms with Gasteiger partial charge in [0.1, 0.15) is 11.5 Å². The van der Waals surface area contributed by atoms with Gasteiger partial charge in [-0.05, 0) is 36.8 Å². The van der Waals surface area contributed by atoms with Crippen molar-refractivity contribution in [2.24, 2.45) is 0 Å². The van der Waals surface area contributed by atoms with Gasteiger partial charge in [0.25, 0.3) is 0 Å². The van der Waals surface area contributed by atoms with Crippen LogP contribution >= 0.6 is 0 Å². The largest absolute Gasteiger partial charge is 0.431 e. The molecule has 2 aromatic rings. The lowest BCUT2D eigenvalue weighted by molar-refractivity contribution is -0.141. The Morgan fingerprint density at radius 3 is 2.42 bits per heavy atom. The third-order valence-corrected chi connectivity index (χ3v) is 2.39. The molecule has 0 amide bonds. The summed E-state index contributed by atoms with van der Waals surface area (Å²) in [6.07, 6.45) is -4.70. The van der Waals surface area contributed by atoms with Crippen LogP contribution in [-0.2, 0) is 6.18 Å². The monoisotopic (exact) mass is 272 g/mol. The second-order valence-electron chi connectivity index (χ2n) is 4.00. The van der Waals surface area contributed by atoms with E-state index < -0.39 is 23.4 Å². The highest BCUT2D eigenvalue weighted by atomic mass is 19.4. The summed E-state index contributed by atoms with van der Waals surface area (Å²) >= 11 is 0. The molecule has 0 saturated heterocycles. The van der Waals surface area contributed by atoms with Gasteiger partial charge in [0.2, 0.25) is 0 Å². The Balaban J connectivity index is 2.63. The van der Waals surface area contributed by atoms with Gasteiger partial charge >= 0.3 is 11.9 Å². The summed E-state index contributed by atoms with van der Waals surface area (Å²) in [6, 6.07) is 4.37. The minimum absolute atomic E-state index is 0.120. The fourth-order valence-electron chi connectivity index (χ4n) is 1.64. The van der Waals surface area contributed by atoms with Crippen LogP contribution < -0.4 is 5.69 Å². The van der Waals surface area contributed by atoms with Crippen LogP contribution in [-0.4, -0.2) is 9.97 Å². The van der Waals surface area contributed by atoms with Crippen molar-refractivity contribution in [3.8, 4) is 11.3 Å². The molecule has 1 aromatic carbocycles. The Bertz CT molecular complexity index is 656. The molecule has 1 N–H and O–H groups in total. The van der Waals surface area contributed by atoms with Crippen molar-refractivity contribution in [3.63, 3.8) is 0 Å². The van der Waals surface area contributed by atoms with Gasteiger partial charge in [-0.1, -0.05) is 0 Å². The van der Waals surface area contributed by atoms with Gasteiger partial charge < -0.3 is 4.98 Å². The number of aromatic nitrogens is 2. The highest BCUT2D eigenvalue weighted by Gasteiger charge is 2.32. The third kappa shape index (κ3) is 2.98. The molecule has 0 aliphatic rings. The number of rotatable bonds is 1. The van der Waals surface area contributed by atoms with Crippen LogP contribution in [0, 0.1) is 12.7 Å². The zero-order valence-corrected chi connectivity index (χ0v) is 9.68. The van der Waals surface area contributed by atoms with Crippen LogP contribution in [0.4, 0.5) is 17.6 Å². The number of aromatic amines is 1. The summed E-state index contributed by atoms with van der Waals surface area (Å²) < 4.78 is 50.9. The molecule has 3 nitrogen and oxygen atoms in total. The van der Waals surface area contributed by atoms with Crippen LogP contribution in [0.15, 0.2) is 29.1 Å². The highest BCUT2D eigenvalue weighted by Crippen LogP contribution is 2.29. The number of hydrogen-bond donors (Lipinski definition) is 1. The zero-order chi connectivity index (χ0) is 14.2. The van der Waals surface area contributed by atoms with E-state index in [0.717, 1.165) is 6.07 Å². The van der Waals surface area contributed by atoms with E-state index in [1.165, 1.54) is 12.1 Å². The fourth-order valence-corrected chi connectivity index (χ4v) is 1.64. The lowest BCUT2D eigenvalue weighted by Gasteiger charge is -2.08. The molecule has 0 saturated carbocycles. The Labute approximate surface area is 104 Å². The number of H-pyrrole nitrogens is 1. The number of alkyl halides is 3. The van der Waals surface area contributed by atoms with Gasteiger partial charge in [-0.25, -0.2) is 9.18 Å². The number of nitrogens with one attached hydrogen (secondary N) is 1. The second kappa shape index (κ2) is 4.49. The summed E-state index contributed by atoms with van der Waals surface area (Å²) in [5.41, 5.74) is -1.94. The van der Waals surface area contributed by atoms with Gasteiger partial charge in [-0.3, -0.25) is 0 Å². The van der Waals surface area contributed by atoms with Gasteiger partial charge in [0, 0.05) is 5.56 Å². The van der Waals surface area contributed by atoms with Crippen LogP contribution in [0.2, 0.25) is 0 Å². The first-order valence-electron chi connectivity index (χ1n) is 5.22. The topological polar surface area (TPSA) is 45.8 Å². The van der Waals surface area contributed by atoms with Gasteiger partial charge in [0.05, 0.1) is 5.69 Å². The van der Waals surface area contributed by atoms with E-state index in [4.69, 9.17) is 0 Å². The molecule has 0 aliphatic heterocycles. The molecule has 1 aromatic heterocycles. The van der Waals surface area contributed by atoms with Crippen LogP contribution in [0.1, 0.15) is 11.3 Å². The fraction of sp³-hybridized carbons (Fsp3) is 0.167. The van der Waals surface area contributed by atoms with Gasteiger partial charge in [0.15, 0.2) is 0 Å². The summed E-state index contributed by atoms with van der Waals surface area (Å²) in [6.45, 7) is 1.59. The van der Waals surface area contributed by atoms with E-state index in [2.05, 4.69) is 4.98 Å². The summed E-state index contributed by atoms with van der Waals surface area (Å²) in [4.78, 5) is 16.2. The SMILES string of the molecule is Cc1cc(F)cc(-c2cc(C(F)(F)F)[nH]c(=O)n2)c1. The van der Waals surface area contributed by atoms with Crippen molar-refractivity contribution in [3.05, 3.63) is 51.8 Å². The third-order valence-electron chi connectivity index (χ3n) is 2.39. The first-order chi connectivity index (χ1) is 8.75. The molecule has 0 radical (unpaired) electrons. The maximum atomic E-state index is 13.2. The zero-order valence-electron chi connectivity index (χ0n) is 9.68. The summed E-state index contributed by atoms with van der Waals surface area (Å²) in [5.74, 6) is -0.606. The molecule has 19 heavy (non-hydrogen) atoms. The minimum Gasteiger partial charge on any atom is -0.302 e. The quantitative estimate of drug-likeness (QED) is 0.811. The van der Waals surface area contributed by atoms with Gasteiger partial charge in [-0.2, -0.15) is 18.2 Å². The second-order valence-corrected chi connectivity index (χ2v) is 4.00. The Morgan fingerprint density at radius 2 is 1.84 bits per heavy atom. The Morgan fingerprint density at radius 1 is 1.16 bits per heavy atom.